The molecule has 0 aliphatic carbocycles. The number of rotatable bonds is 9. The molecule has 5 aromatic rings. The van der Waals surface area contributed by atoms with E-state index in [0.717, 1.165) is 40.0 Å². The Labute approximate surface area is 209 Å². The molecule has 8 nitrogen and oxygen atoms in total. The number of H-pyrrole nitrogens is 1. The van der Waals surface area contributed by atoms with E-state index < -0.39 is 0 Å². The Morgan fingerprint density at radius 1 is 1.03 bits per heavy atom. The Morgan fingerprint density at radius 2 is 1.83 bits per heavy atom. The summed E-state index contributed by atoms with van der Waals surface area (Å²) in [4.78, 5) is 18.4. The number of tetrazole rings is 1. The second kappa shape index (κ2) is 10.3. The molecule has 5 rings (SSSR count). The van der Waals surface area contributed by atoms with Gasteiger partial charge in [-0.05, 0) is 83.1 Å². The Morgan fingerprint density at radius 3 is 2.58 bits per heavy atom. The Hall–Kier alpha value is -4.04. The fourth-order valence-corrected chi connectivity index (χ4v) is 4.66. The number of hydrogen-bond acceptors (Lipinski definition) is 6. The van der Waals surface area contributed by atoms with Gasteiger partial charge in [-0.15, -0.1) is 5.10 Å². The van der Waals surface area contributed by atoms with Crippen LogP contribution in [0.2, 0.25) is 0 Å². The minimum absolute atomic E-state index is 0.0890. The first-order valence-corrected chi connectivity index (χ1v) is 12.2. The standard InChI is InChI=1S/C28H30N6O2/c1-4-26(27-30-31-32-34(27)16-21-9-6-5-7-10-21)33(18-24-11-8-12-36-24)17-23-15-22-13-19(2)20(3)14-25(22)29-28(23)35/h5-15,26H,4,16-18H2,1-3H3,(H,29,35)/t26-/m1/s1. The number of fused-ring (bicyclic) bond motifs is 1. The molecule has 8 heteroatoms. The van der Waals surface area contributed by atoms with E-state index in [4.69, 9.17) is 4.42 Å². The molecule has 2 aromatic carbocycles. The second-order valence-electron chi connectivity index (χ2n) is 9.24. The van der Waals surface area contributed by atoms with Crippen LogP contribution in [0.1, 0.15) is 53.2 Å². The predicted molar refractivity (Wildman–Crippen MR) is 138 cm³/mol. The van der Waals surface area contributed by atoms with Crippen LogP contribution in [0.5, 0.6) is 0 Å². The third-order valence-electron chi connectivity index (χ3n) is 6.71. The lowest BCUT2D eigenvalue weighted by molar-refractivity contribution is 0.149. The molecule has 0 amide bonds. The lowest BCUT2D eigenvalue weighted by Gasteiger charge is -2.29. The summed E-state index contributed by atoms with van der Waals surface area (Å²) >= 11 is 0. The Kier molecular flexibility index (Phi) is 6.77. The molecule has 1 atom stereocenters. The molecule has 0 bridgehead atoms. The van der Waals surface area contributed by atoms with Crippen molar-refractivity contribution >= 4 is 10.9 Å². The maximum Gasteiger partial charge on any atom is 0.252 e. The van der Waals surface area contributed by atoms with Crippen molar-refractivity contribution in [2.75, 3.05) is 0 Å². The van der Waals surface area contributed by atoms with Crippen LogP contribution < -0.4 is 5.56 Å². The van der Waals surface area contributed by atoms with Crippen LogP contribution in [0, 0.1) is 13.8 Å². The summed E-state index contributed by atoms with van der Waals surface area (Å²) in [5.74, 6) is 1.58. The van der Waals surface area contributed by atoms with Gasteiger partial charge in [0.2, 0.25) is 0 Å². The molecule has 0 saturated carbocycles. The summed E-state index contributed by atoms with van der Waals surface area (Å²) in [6.07, 6.45) is 2.43. The van der Waals surface area contributed by atoms with Crippen molar-refractivity contribution in [3.63, 3.8) is 0 Å². The van der Waals surface area contributed by atoms with Gasteiger partial charge in [-0.1, -0.05) is 37.3 Å². The van der Waals surface area contributed by atoms with Gasteiger partial charge in [0.1, 0.15) is 5.76 Å². The highest BCUT2D eigenvalue weighted by Crippen LogP contribution is 2.27. The first-order valence-electron chi connectivity index (χ1n) is 12.2. The van der Waals surface area contributed by atoms with E-state index in [1.165, 1.54) is 5.56 Å². The number of benzene rings is 2. The fourth-order valence-electron chi connectivity index (χ4n) is 4.66. The molecular formula is C28H30N6O2. The number of aromatic amines is 1. The summed E-state index contributed by atoms with van der Waals surface area (Å²) < 4.78 is 7.53. The zero-order valence-corrected chi connectivity index (χ0v) is 20.8. The summed E-state index contributed by atoms with van der Waals surface area (Å²) in [7, 11) is 0. The fraction of sp³-hybridized carbons (Fsp3) is 0.286. The highest BCUT2D eigenvalue weighted by atomic mass is 16.3. The van der Waals surface area contributed by atoms with Gasteiger partial charge in [-0.2, -0.15) is 0 Å². The van der Waals surface area contributed by atoms with Crippen LogP contribution in [0.25, 0.3) is 10.9 Å². The average Bonchev–Trinajstić information content (AvgIpc) is 3.55. The van der Waals surface area contributed by atoms with Crippen LogP contribution in [0.4, 0.5) is 0 Å². The molecule has 184 valence electrons. The molecule has 1 N–H and O–H groups in total. The average molecular weight is 483 g/mol. The highest BCUT2D eigenvalue weighted by molar-refractivity contribution is 5.80. The van der Waals surface area contributed by atoms with Gasteiger partial charge in [0.25, 0.3) is 5.56 Å². The minimum Gasteiger partial charge on any atom is -0.468 e. The largest absolute Gasteiger partial charge is 0.468 e. The zero-order valence-electron chi connectivity index (χ0n) is 20.8. The summed E-state index contributed by atoms with van der Waals surface area (Å²) in [6, 6.07) is 20.0. The van der Waals surface area contributed by atoms with Crippen molar-refractivity contribution in [1.82, 2.24) is 30.1 Å². The third kappa shape index (κ3) is 4.99. The Bertz CT molecular complexity index is 1500. The smallest absolute Gasteiger partial charge is 0.252 e. The lowest BCUT2D eigenvalue weighted by Crippen LogP contribution is -2.32. The summed E-state index contributed by atoms with van der Waals surface area (Å²) in [5.41, 5.74) is 4.92. The Balaban J connectivity index is 1.51. The van der Waals surface area contributed by atoms with Gasteiger partial charge in [-0.3, -0.25) is 9.69 Å². The van der Waals surface area contributed by atoms with Crippen LogP contribution >= 0.6 is 0 Å². The molecule has 0 radical (unpaired) electrons. The number of aromatic nitrogens is 5. The summed E-state index contributed by atoms with van der Waals surface area (Å²) in [6.45, 7) is 7.77. The number of furan rings is 1. The SMILES string of the molecule is CC[C@H](c1nnnn1Cc1ccccc1)N(Cc1ccco1)Cc1cc2cc(C)c(C)cc2[nH]c1=O. The molecule has 0 spiro atoms. The number of pyridine rings is 1. The quantitative estimate of drug-likeness (QED) is 0.320. The van der Waals surface area contributed by atoms with E-state index >= 15 is 0 Å². The van der Waals surface area contributed by atoms with Gasteiger partial charge in [0, 0.05) is 17.6 Å². The first kappa shape index (κ1) is 23.7. The molecule has 0 aliphatic heterocycles. The molecule has 3 heterocycles. The van der Waals surface area contributed by atoms with E-state index in [1.807, 2.05) is 47.1 Å². The zero-order chi connectivity index (χ0) is 25.1. The van der Waals surface area contributed by atoms with Crippen molar-refractivity contribution in [3.05, 3.63) is 111 Å². The maximum atomic E-state index is 13.1. The van der Waals surface area contributed by atoms with E-state index in [9.17, 15) is 4.79 Å². The van der Waals surface area contributed by atoms with Gasteiger partial charge in [0.15, 0.2) is 5.82 Å². The second-order valence-corrected chi connectivity index (χ2v) is 9.24. The van der Waals surface area contributed by atoms with Crippen molar-refractivity contribution in [1.29, 1.82) is 0 Å². The molecule has 0 saturated heterocycles. The minimum atomic E-state index is -0.122. The van der Waals surface area contributed by atoms with Gasteiger partial charge in [-0.25, -0.2) is 4.68 Å². The van der Waals surface area contributed by atoms with Crippen LogP contribution in [0.3, 0.4) is 0 Å². The van der Waals surface area contributed by atoms with Crippen LogP contribution in [-0.4, -0.2) is 30.1 Å². The van der Waals surface area contributed by atoms with Crippen molar-refractivity contribution < 1.29 is 4.42 Å². The van der Waals surface area contributed by atoms with Crippen molar-refractivity contribution in [3.8, 4) is 0 Å². The number of nitrogens with zero attached hydrogens (tertiary/aromatic N) is 5. The normalized spacial score (nSPS) is 12.4. The van der Waals surface area contributed by atoms with Crippen LogP contribution in [-0.2, 0) is 19.6 Å². The molecule has 3 aromatic heterocycles. The third-order valence-corrected chi connectivity index (χ3v) is 6.71. The van der Waals surface area contributed by atoms with E-state index in [1.54, 1.807) is 6.26 Å². The maximum absolute atomic E-state index is 13.1. The number of hydrogen-bond donors (Lipinski definition) is 1. The summed E-state index contributed by atoms with van der Waals surface area (Å²) in [5, 5.41) is 13.7. The predicted octanol–water partition coefficient (Wildman–Crippen LogP) is 4.93. The lowest BCUT2D eigenvalue weighted by atomic mass is 10.0. The monoisotopic (exact) mass is 482 g/mol. The van der Waals surface area contributed by atoms with Crippen LogP contribution in [0.15, 0.2) is 76.1 Å². The number of nitrogens with one attached hydrogen (secondary N) is 1. The first-order chi connectivity index (χ1) is 17.5. The van der Waals surface area contributed by atoms with Gasteiger partial charge < -0.3 is 9.40 Å². The van der Waals surface area contributed by atoms with Gasteiger partial charge in [0.05, 0.1) is 25.4 Å². The molecule has 0 fully saturated rings. The molecule has 0 unspecified atom stereocenters. The van der Waals surface area contributed by atoms with Gasteiger partial charge >= 0.3 is 0 Å². The number of aryl methyl sites for hydroxylation is 2. The molecule has 36 heavy (non-hydrogen) atoms. The topological polar surface area (TPSA) is 92.8 Å². The van der Waals surface area contributed by atoms with Crippen molar-refractivity contribution in [2.24, 2.45) is 0 Å². The van der Waals surface area contributed by atoms with E-state index in [0.29, 0.717) is 25.2 Å². The molecule has 0 aliphatic rings. The van der Waals surface area contributed by atoms with Crippen molar-refractivity contribution in [2.45, 2.75) is 52.9 Å². The molecular weight excluding hydrogens is 452 g/mol. The van der Waals surface area contributed by atoms with E-state index in [-0.39, 0.29) is 11.6 Å². The highest BCUT2D eigenvalue weighted by Gasteiger charge is 2.27. The van der Waals surface area contributed by atoms with E-state index in [2.05, 4.69) is 64.4 Å².